The van der Waals surface area contributed by atoms with Crippen LogP contribution >= 0.6 is 0 Å². The molecule has 0 saturated carbocycles. The first-order valence-electron chi connectivity index (χ1n) is 41.1. The first kappa shape index (κ1) is 70.7. The van der Waals surface area contributed by atoms with Crippen LogP contribution in [0.3, 0.4) is 0 Å². The molecule has 0 spiro atoms. The van der Waals surface area contributed by atoms with Gasteiger partial charge in [-0.25, -0.2) is 13.7 Å². The monoisotopic (exact) mass is 1480 g/mol. The minimum absolute atomic E-state index is 0.290. The number of hydrogen-bond acceptors (Lipinski definition) is 8. The van der Waals surface area contributed by atoms with Crippen LogP contribution in [0.4, 0.5) is 0 Å². The maximum atomic E-state index is 4.73. The van der Waals surface area contributed by atoms with Gasteiger partial charge in [-0.05, 0) is 234 Å². The SMILES string of the molecule is C[n+]1cccc2c1B1c3c(ccnc3Cc3ccc[n+](C)c31)C2.Cc1cccc2c1B1c3c(C)ccnc3Cc3nccc(c31)C2.Cc1cccc2c1B1c3c(C)cncc3Cc3nccc(c31)C2.Cc1cccc2c1B1c3c(ccnc3Cc3ccc[n+](C)c31)C2.Cc1cncc2c1B1c3c(C)cccc3Cc3nccc(c31)C2. The molecule has 25 rings (SSSR count). The second-order valence-corrected chi connectivity index (χ2v) is 33.8. The van der Waals surface area contributed by atoms with Crippen LogP contribution in [0.5, 0.6) is 0 Å². The molecule has 11 aromatic heterocycles. The van der Waals surface area contributed by atoms with Gasteiger partial charge in [0.25, 0.3) is 0 Å². The third-order valence-corrected chi connectivity index (χ3v) is 27.2. The first-order chi connectivity index (χ1) is 56.2. The largest absolute Gasteiger partial charge is 0.408 e. The van der Waals surface area contributed by atoms with Gasteiger partial charge in [0.05, 0.1) is 0 Å². The van der Waals surface area contributed by atoms with Gasteiger partial charge in [-0.2, -0.15) is 0 Å². The van der Waals surface area contributed by atoms with E-state index in [-0.39, 0.29) is 0 Å². The van der Waals surface area contributed by atoms with E-state index in [0.29, 0.717) is 33.6 Å². The van der Waals surface area contributed by atoms with E-state index in [1.807, 2.05) is 55.8 Å². The van der Waals surface area contributed by atoms with Crippen molar-refractivity contribution in [3.05, 3.63) is 377 Å². The quantitative estimate of drug-likeness (QED) is 0.167. The van der Waals surface area contributed by atoms with Crippen molar-refractivity contribution in [2.75, 3.05) is 0 Å². The summed E-state index contributed by atoms with van der Waals surface area (Å²) in [5.41, 5.74) is 58.6. The summed E-state index contributed by atoms with van der Waals surface area (Å²) in [6.07, 6.45) is 36.1. The lowest BCUT2D eigenvalue weighted by Crippen LogP contribution is -2.75. The fourth-order valence-corrected chi connectivity index (χ4v) is 22.5. The summed E-state index contributed by atoms with van der Waals surface area (Å²) < 4.78 is 6.89. The van der Waals surface area contributed by atoms with Gasteiger partial charge < -0.3 is 0 Å². The number of hydrogen-bond donors (Lipinski definition) is 0. The second kappa shape index (κ2) is 27.9. The molecule has 15 aromatic rings. The molecule has 0 fully saturated rings. The predicted octanol–water partition coefficient (Wildman–Crippen LogP) is 3.85. The van der Waals surface area contributed by atoms with E-state index in [1.54, 1.807) is 0 Å². The zero-order valence-corrected chi connectivity index (χ0v) is 67.2. The summed E-state index contributed by atoms with van der Waals surface area (Å²) >= 11 is 0. The Bertz CT molecular complexity index is 5200. The summed E-state index contributed by atoms with van der Waals surface area (Å²) in [6, 6.07) is 53.2. The molecule has 115 heavy (non-hydrogen) atoms. The summed E-state index contributed by atoms with van der Waals surface area (Å²) in [5.74, 6) is 0. The summed E-state index contributed by atoms with van der Waals surface area (Å²) in [6.45, 7) is 17.1. The number of fused-ring (bicyclic) bond motifs is 20. The lowest BCUT2D eigenvalue weighted by molar-refractivity contribution is -0.659. The molecule has 0 radical (unpaired) electrons. The number of nitrogens with zero attached hydrogens (tertiary/aromatic N) is 11. The van der Waals surface area contributed by atoms with Gasteiger partial charge in [0.1, 0.15) is 26.7 Å². The minimum Gasteiger partial charge on any atom is -0.264 e. The molecule has 11 nitrogen and oxygen atoms in total. The van der Waals surface area contributed by atoms with Gasteiger partial charge in [-0.15, -0.1) is 0 Å². The molecule has 4 aromatic carbocycles. The van der Waals surface area contributed by atoms with Crippen LogP contribution in [0.15, 0.2) is 226 Å². The van der Waals surface area contributed by atoms with Crippen LogP contribution < -0.4 is 96.0 Å². The number of pyridine rings is 11. The van der Waals surface area contributed by atoms with Crippen molar-refractivity contribution in [3.8, 4) is 0 Å². The molecule has 0 amide bonds. The minimum atomic E-state index is 0.290. The van der Waals surface area contributed by atoms with E-state index in [4.69, 9.17) is 29.9 Å². The standard InChI is InChI=1S/C20H18BN2.3C20H17BN2.C19H18BN3/c1-13-5-3-6-14-11-15-8-9-22-17-12-16-7-4-10-23(2)20(16)21(18(13)14)19(15)17;1-12-4-3-5-14-10-15-7-9-23-17-11-16-19(13(2)6-8-22-16)21(18(12)14)20(15)17;1-12-4-3-5-14-9-17-20-15(6-7-23-17)8-16-11-22-10-13(2)19(16)21(20)18(12)14;1-12-4-3-5-14-8-15-6-7-23-17-9-16-11-22-10-13(2)19(16)21(18(12)14)20(15)17;1-22-9-3-5-14-11-13-7-8-21-16-12-15-6-4-10-23(2)19(15)20(17(13)16)18(14)22/h3-10H,11-12H2,1-2H3;3-9H,10-11H2,1-2H3;2*3-7,10-11H,8-9H2,1-2H3;3-10H,11-12H2,1-2H3/q+1;;;;+2. The summed E-state index contributed by atoms with van der Waals surface area (Å²) in [7, 11) is 6.50. The van der Waals surface area contributed by atoms with Crippen molar-refractivity contribution in [1.29, 1.82) is 0 Å². The zero-order valence-electron chi connectivity index (χ0n) is 67.2. The highest BCUT2D eigenvalue weighted by Crippen LogP contribution is 2.29. The van der Waals surface area contributed by atoms with Gasteiger partial charge >= 0.3 is 13.4 Å². The van der Waals surface area contributed by atoms with E-state index in [2.05, 4.69) is 264 Å². The van der Waals surface area contributed by atoms with Crippen molar-refractivity contribution >= 4 is 116 Å². The first-order valence-corrected chi connectivity index (χ1v) is 41.1. The van der Waals surface area contributed by atoms with E-state index >= 15 is 0 Å². The molecular weight excluding hydrogens is 1400 g/mol. The van der Waals surface area contributed by atoms with Gasteiger partial charge in [0.15, 0.2) is 29.8 Å². The van der Waals surface area contributed by atoms with Gasteiger partial charge in [-0.1, -0.05) is 133 Å². The Kier molecular flexibility index (Phi) is 17.1. The second-order valence-electron chi connectivity index (χ2n) is 33.8. The summed E-state index contributed by atoms with van der Waals surface area (Å²) in [4.78, 5) is 37.2. The maximum absolute atomic E-state index is 4.73. The third-order valence-electron chi connectivity index (χ3n) is 27.2. The van der Waals surface area contributed by atoms with Crippen LogP contribution in [-0.4, -0.2) is 73.4 Å². The Balaban J connectivity index is 0.0000000900. The molecule has 550 valence electrons. The van der Waals surface area contributed by atoms with Crippen molar-refractivity contribution in [2.24, 2.45) is 21.1 Å². The Labute approximate surface area is 676 Å². The fourth-order valence-electron chi connectivity index (χ4n) is 22.5. The fraction of sp³-hybridized carbons (Fsp3) is 0.202. The van der Waals surface area contributed by atoms with Crippen molar-refractivity contribution < 1.29 is 13.7 Å². The molecule has 0 N–H and O–H groups in total. The smallest absolute Gasteiger partial charge is 0.264 e. The van der Waals surface area contributed by atoms with Crippen LogP contribution in [0.2, 0.25) is 0 Å². The molecule has 0 aliphatic carbocycles. The van der Waals surface area contributed by atoms with Gasteiger partial charge in [0.2, 0.25) is 20.1 Å². The number of aromatic nitrogens is 11. The van der Waals surface area contributed by atoms with E-state index in [1.165, 1.54) is 233 Å². The highest BCUT2D eigenvalue weighted by molar-refractivity contribution is 7.00. The lowest BCUT2D eigenvalue weighted by Gasteiger charge is -2.34. The molecule has 0 atom stereocenters. The number of benzene rings is 4. The average molecular weight is 1480 g/mol. The molecule has 21 heterocycles. The van der Waals surface area contributed by atoms with Crippen molar-refractivity contribution in [3.63, 3.8) is 0 Å². The maximum Gasteiger partial charge on any atom is 0.408 e. The van der Waals surface area contributed by atoms with Gasteiger partial charge in [-0.3, -0.25) is 39.9 Å². The lowest BCUT2D eigenvalue weighted by atomic mass is 9.30. The van der Waals surface area contributed by atoms with Crippen molar-refractivity contribution in [1.82, 2.24) is 39.9 Å². The van der Waals surface area contributed by atoms with E-state index in [9.17, 15) is 0 Å². The van der Waals surface area contributed by atoms with E-state index in [0.717, 1.165) is 64.2 Å². The third kappa shape index (κ3) is 11.4. The van der Waals surface area contributed by atoms with Crippen LogP contribution in [-0.2, 0) is 85.4 Å². The highest BCUT2D eigenvalue weighted by atomic mass is 14.9. The van der Waals surface area contributed by atoms with Crippen LogP contribution in [0.1, 0.15) is 151 Å². The molecule has 0 saturated heterocycles. The van der Waals surface area contributed by atoms with Crippen molar-refractivity contribution in [2.45, 2.75) is 113 Å². The Morgan fingerprint density at radius 2 is 0.461 bits per heavy atom. The Morgan fingerprint density at radius 1 is 0.209 bits per heavy atom. The predicted molar refractivity (Wildman–Crippen MR) is 467 cm³/mol. The summed E-state index contributed by atoms with van der Waals surface area (Å²) in [5, 5.41) is 0. The topological polar surface area (TPSA) is 115 Å². The zero-order chi connectivity index (χ0) is 77.8. The van der Waals surface area contributed by atoms with E-state index < -0.39 is 0 Å². The molecule has 0 unspecified atom stereocenters. The number of aryl methyl sites for hydroxylation is 10. The number of rotatable bonds is 0. The Morgan fingerprint density at radius 3 is 0.878 bits per heavy atom. The van der Waals surface area contributed by atoms with Crippen LogP contribution in [0.25, 0.3) is 0 Å². The average Bonchev–Trinajstić information content (AvgIpc) is 0.747. The molecule has 16 heteroatoms. The normalized spacial score (nSPS) is 14.1. The Hall–Kier alpha value is -12.1. The molecule has 10 aliphatic heterocycles. The van der Waals surface area contributed by atoms with Gasteiger partial charge in [0, 0.05) is 170 Å². The molecule has 0 bridgehead atoms. The highest BCUT2D eigenvalue weighted by Gasteiger charge is 2.50. The molecule has 10 aliphatic rings. The molecular formula is C99H87B5N11+3. The van der Waals surface area contributed by atoms with Crippen LogP contribution in [0, 0.1) is 48.5 Å².